The molecule has 0 aromatic rings. The first kappa shape index (κ1) is 20.8. The quantitative estimate of drug-likeness (QED) is 0.165. The van der Waals surface area contributed by atoms with Crippen molar-refractivity contribution in [3.05, 3.63) is 12.7 Å². The Balaban J connectivity index is -0.000000720. The minimum absolute atomic E-state index is 0. The van der Waals surface area contributed by atoms with Gasteiger partial charge in [0.15, 0.2) is 0 Å². The van der Waals surface area contributed by atoms with Crippen molar-refractivity contribution in [3.8, 4) is 0 Å². The monoisotopic (exact) mass is 265 g/mol. The summed E-state index contributed by atoms with van der Waals surface area (Å²) in [5.74, 6) is 0. The molecule has 0 spiro atoms. The molecule has 1 unspecified atom stereocenters. The van der Waals surface area contributed by atoms with Gasteiger partial charge in [0.2, 0.25) is 0 Å². The van der Waals surface area contributed by atoms with E-state index in [1.807, 2.05) is 0 Å². The van der Waals surface area contributed by atoms with Crippen LogP contribution in [0.15, 0.2) is 12.7 Å². The normalized spacial score (nSPS) is 8.33. The van der Waals surface area contributed by atoms with Crippen LogP contribution in [0.1, 0.15) is 0 Å². The Morgan fingerprint density at radius 3 is 2.53 bits per heavy atom. The largest absolute Gasteiger partial charge is 0.153 e. The molecule has 0 saturated heterocycles. The van der Waals surface area contributed by atoms with Gasteiger partial charge in [-0.2, -0.15) is 9.90 Å². The fourth-order valence-electron chi connectivity index (χ4n) is 0.263. The predicted molar refractivity (Wildman–Crippen MR) is 68.6 cm³/mol. The van der Waals surface area contributed by atoms with Gasteiger partial charge in [0.05, 0.1) is 0 Å². The van der Waals surface area contributed by atoms with E-state index in [9.17, 15) is 0 Å². The van der Waals surface area contributed by atoms with Crippen LogP contribution in [-0.4, -0.2) is 36.1 Å². The molecule has 0 heterocycles. The second-order valence-electron chi connectivity index (χ2n) is 1.46. The summed E-state index contributed by atoms with van der Waals surface area (Å²) in [7, 11) is 5.15. The third-order valence-corrected chi connectivity index (χ3v) is 1.88. The van der Waals surface area contributed by atoms with Crippen LogP contribution in [0.3, 0.4) is 0 Å². The van der Waals surface area contributed by atoms with Gasteiger partial charge in [-0.3, -0.25) is 0 Å². The van der Waals surface area contributed by atoms with Gasteiger partial charge in [-0.1, -0.05) is 0 Å². The summed E-state index contributed by atoms with van der Waals surface area (Å²) in [6, 6.07) is 0. The minimum Gasteiger partial charge on any atom is -0.153 e. The summed E-state index contributed by atoms with van der Waals surface area (Å²) in [6.45, 7) is 3.74. The molecular weight excluding hydrogens is 253 g/mol. The first-order valence-electron chi connectivity index (χ1n) is 3.22. The van der Waals surface area contributed by atoms with Crippen molar-refractivity contribution in [2.45, 2.75) is 0 Å². The van der Waals surface area contributed by atoms with Crippen LogP contribution in [0, 0.1) is 0 Å². The van der Waals surface area contributed by atoms with Crippen molar-refractivity contribution in [1.29, 1.82) is 0 Å². The average molecular weight is 264 g/mol. The molecule has 0 aliphatic heterocycles. The standard InChI is InChI=1S/C4H8B2O5P2.B.H3P/c1-3-4-8-9-5-6-10-11-13-12-7-2;;/h3H,1,4H2,2H3;;1H3. The Labute approximate surface area is 99.0 Å². The zero-order valence-electron chi connectivity index (χ0n) is 8.37. The summed E-state index contributed by atoms with van der Waals surface area (Å²) < 4.78 is 9.24. The smallest absolute Gasteiger partial charge is 0 e. The number of hydrogen-bond acceptors (Lipinski definition) is 5. The van der Waals surface area contributed by atoms with Gasteiger partial charge in [0.1, 0.15) is 0 Å². The molecule has 3 radical (unpaired) electrons. The van der Waals surface area contributed by atoms with E-state index < -0.39 is 0 Å². The van der Waals surface area contributed by atoms with Crippen molar-refractivity contribution in [1.82, 2.24) is 0 Å². The van der Waals surface area contributed by atoms with E-state index in [0.29, 0.717) is 22.8 Å². The Morgan fingerprint density at radius 2 is 1.93 bits per heavy atom. The molecule has 0 aliphatic rings. The number of hydrogen-bond donors (Lipinski definition) is 0. The topological polar surface area (TPSA) is 46.2 Å². The molecule has 1 atom stereocenters. The zero-order chi connectivity index (χ0) is 9.78. The summed E-state index contributed by atoms with van der Waals surface area (Å²) in [4.78, 5) is 13.5. The number of rotatable bonds is 8. The van der Waals surface area contributed by atoms with Crippen LogP contribution in [0.2, 0.25) is 0 Å². The van der Waals surface area contributed by atoms with E-state index >= 15 is 0 Å². The van der Waals surface area contributed by atoms with Crippen molar-refractivity contribution < 1.29 is 23.7 Å². The third kappa shape index (κ3) is 20.5. The zero-order valence-corrected chi connectivity index (χ0v) is 11.6. The first-order chi connectivity index (χ1) is 6.41. The summed E-state index contributed by atoms with van der Waals surface area (Å²) in [6.07, 6.45) is 1.56. The Hall–Kier alpha value is 0.445. The molecule has 0 N–H and O–H groups in total. The van der Waals surface area contributed by atoms with E-state index in [2.05, 4.69) is 30.3 Å². The van der Waals surface area contributed by atoms with Crippen LogP contribution >= 0.6 is 26.1 Å². The minimum atomic E-state index is 0. The van der Waals surface area contributed by atoms with Crippen molar-refractivity contribution in [2.75, 3.05) is 13.7 Å². The van der Waals surface area contributed by atoms with Crippen molar-refractivity contribution >= 4 is 48.5 Å². The second-order valence-corrected chi connectivity index (χ2v) is 3.28. The van der Waals surface area contributed by atoms with Gasteiger partial charge < -0.3 is 0 Å². The van der Waals surface area contributed by atoms with Gasteiger partial charge in [-0.05, 0) is 0 Å². The maximum Gasteiger partial charge on any atom is 0 e. The molecule has 0 saturated carbocycles. The van der Waals surface area contributed by atoms with Gasteiger partial charge in [-0.15, -0.1) is 0 Å². The van der Waals surface area contributed by atoms with Crippen LogP contribution < -0.4 is 0 Å². The molecule has 0 aromatic carbocycles. The fraction of sp³-hybridized carbons (Fsp3) is 0.500. The molecule has 0 aromatic heterocycles. The van der Waals surface area contributed by atoms with Crippen molar-refractivity contribution in [3.63, 3.8) is 0 Å². The first-order valence-corrected chi connectivity index (χ1v) is 5.55. The maximum absolute atomic E-state index is 4.67. The molecule has 15 heavy (non-hydrogen) atoms. The van der Waals surface area contributed by atoms with Gasteiger partial charge in [-0.25, -0.2) is 0 Å². The summed E-state index contributed by atoms with van der Waals surface area (Å²) in [5.41, 5.74) is 0. The molecular formula is C4H11B3O5P3. The third-order valence-electron chi connectivity index (χ3n) is 0.612. The van der Waals surface area contributed by atoms with Gasteiger partial charge in [0, 0.05) is 8.41 Å². The van der Waals surface area contributed by atoms with E-state index in [1.165, 1.54) is 14.0 Å². The SMILES string of the molecule is C=CCOOB=BOOP=POC.P.[B]. The van der Waals surface area contributed by atoms with E-state index in [4.69, 9.17) is 0 Å². The molecule has 0 rings (SSSR count). The molecule has 11 heteroatoms. The Bertz CT molecular complexity index is 181. The van der Waals surface area contributed by atoms with Gasteiger partial charge in [0.25, 0.3) is 0 Å². The molecule has 5 nitrogen and oxygen atoms in total. The molecule has 0 bridgehead atoms. The van der Waals surface area contributed by atoms with Crippen LogP contribution in [0.25, 0.3) is 0 Å². The molecule has 0 aliphatic carbocycles. The molecule has 0 amide bonds. The average Bonchev–Trinajstić information content (AvgIpc) is 2.16. The maximum atomic E-state index is 4.67. The summed E-state index contributed by atoms with van der Waals surface area (Å²) in [5, 5.41) is 0. The van der Waals surface area contributed by atoms with Crippen LogP contribution in [0.5, 0.6) is 0 Å². The Morgan fingerprint density at radius 1 is 1.27 bits per heavy atom. The predicted octanol–water partition coefficient (Wildman–Crippen LogP) is 1.18. The van der Waals surface area contributed by atoms with E-state index in [1.54, 1.807) is 13.2 Å². The van der Waals surface area contributed by atoms with Gasteiger partial charge >= 0.3 is 80.3 Å². The van der Waals surface area contributed by atoms with E-state index in [0.717, 1.165) is 0 Å². The molecule has 0 fully saturated rings. The van der Waals surface area contributed by atoms with E-state index in [-0.39, 0.29) is 18.3 Å². The van der Waals surface area contributed by atoms with Crippen LogP contribution in [0.4, 0.5) is 0 Å². The summed E-state index contributed by atoms with van der Waals surface area (Å²) >= 11 is 0. The Kier molecular flexibility index (Phi) is 27.7. The molecule has 81 valence electrons. The second kappa shape index (κ2) is 19.9. The fourth-order valence-corrected chi connectivity index (χ4v) is 0.842. The van der Waals surface area contributed by atoms with Crippen LogP contribution in [-0.2, 0) is 23.7 Å². The van der Waals surface area contributed by atoms with Crippen molar-refractivity contribution in [2.24, 2.45) is 0 Å².